The predicted molar refractivity (Wildman–Crippen MR) is 109 cm³/mol. The fourth-order valence-electron chi connectivity index (χ4n) is 3.51. The quantitative estimate of drug-likeness (QED) is 0.636. The van der Waals surface area contributed by atoms with Crippen molar-refractivity contribution in [1.29, 1.82) is 0 Å². The van der Waals surface area contributed by atoms with E-state index in [1.807, 2.05) is 24.3 Å². The van der Waals surface area contributed by atoms with Crippen LogP contribution in [0, 0.1) is 0 Å². The Morgan fingerprint density at radius 3 is 2.81 bits per heavy atom. The van der Waals surface area contributed by atoms with Gasteiger partial charge >= 0.3 is 0 Å². The first-order valence-corrected chi connectivity index (χ1v) is 8.81. The summed E-state index contributed by atoms with van der Waals surface area (Å²) in [6.45, 7) is 6.84. The highest BCUT2D eigenvalue weighted by Gasteiger charge is 2.27. The number of nitrogens with two attached hydrogens (primary N) is 1. The van der Waals surface area contributed by atoms with E-state index in [9.17, 15) is 4.79 Å². The van der Waals surface area contributed by atoms with Gasteiger partial charge < -0.3 is 15.2 Å². The van der Waals surface area contributed by atoms with Gasteiger partial charge in [0.15, 0.2) is 0 Å². The van der Waals surface area contributed by atoms with Crippen LogP contribution in [0.4, 0.5) is 11.4 Å². The van der Waals surface area contributed by atoms with Crippen LogP contribution < -0.4 is 10.6 Å². The molecular weight excluding hydrogens is 364 g/mol. The second-order valence-electron chi connectivity index (χ2n) is 7.76. The molecule has 27 heavy (non-hydrogen) atoms. The molecule has 1 aliphatic rings. The third-order valence-electron chi connectivity index (χ3n) is 4.82. The molecule has 1 aliphatic heterocycles. The number of nitrogen functional groups attached to an aromatic ring is 1. The number of amides is 1. The largest absolute Gasteiger partial charge is 0.398 e. The number of benzene rings is 1. The lowest BCUT2D eigenvalue weighted by molar-refractivity contribution is 0.0985. The van der Waals surface area contributed by atoms with Gasteiger partial charge in [-0.25, -0.2) is 4.98 Å². The monoisotopic (exact) mass is 386 g/mol. The fourth-order valence-corrected chi connectivity index (χ4v) is 3.51. The normalized spacial score (nSPS) is 14.0. The molecule has 0 bridgehead atoms. The molecule has 6 nitrogen and oxygen atoms in total. The third-order valence-corrected chi connectivity index (χ3v) is 4.82. The molecule has 7 heteroatoms. The van der Waals surface area contributed by atoms with E-state index in [0.717, 1.165) is 40.9 Å². The van der Waals surface area contributed by atoms with Crippen molar-refractivity contribution in [2.24, 2.45) is 0 Å². The lowest BCUT2D eigenvalue weighted by atomic mass is 9.90. The molecule has 0 spiro atoms. The average Bonchev–Trinajstić information content (AvgIpc) is 3.04. The Labute approximate surface area is 164 Å². The van der Waals surface area contributed by atoms with Gasteiger partial charge in [0.1, 0.15) is 0 Å². The van der Waals surface area contributed by atoms with Crippen LogP contribution in [-0.2, 0) is 11.8 Å². The van der Waals surface area contributed by atoms with E-state index in [1.165, 1.54) is 0 Å². The van der Waals surface area contributed by atoms with Gasteiger partial charge in [-0.05, 0) is 36.6 Å². The summed E-state index contributed by atoms with van der Waals surface area (Å²) in [5, 5.41) is 4.93. The zero-order chi connectivity index (χ0) is 18.5. The number of carbonyl (C=O) groups is 1. The highest BCUT2D eigenvalue weighted by Crippen LogP contribution is 2.33. The molecule has 0 atom stereocenters. The molecule has 0 fully saturated rings. The standard InChI is InChI=1S/C20H22N4O2.ClH/c1-20(2,3)17-14-10-12(11-22-18(14)26-23-17)19(25)24-9-5-6-13-15(21)7-4-8-16(13)24;/h4,7-8,10-11H,5-6,9,21H2,1-3H3;1H. The summed E-state index contributed by atoms with van der Waals surface area (Å²) in [5.41, 5.74) is 10.4. The van der Waals surface area contributed by atoms with Crippen molar-refractivity contribution in [1.82, 2.24) is 10.1 Å². The summed E-state index contributed by atoms with van der Waals surface area (Å²) < 4.78 is 5.33. The van der Waals surface area contributed by atoms with Crippen LogP contribution in [-0.4, -0.2) is 22.6 Å². The van der Waals surface area contributed by atoms with Crippen molar-refractivity contribution < 1.29 is 9.32 Å². The summed E-state index contributed by atoms with van der Waals surface area (Å²) in [6, 6.07) is 7.56. The van der Waals surface area contributed by atoms with Gasteiger partial charge in [-0.2, -0.15) is 0 Å². The Bertz CT molecular complexity index is 1010. The Hall–Kier alpha value is -2.60. The van der Waals surface area contributed by atoms with E-state index in [-0.39, 0.29) is 23.7 Å². The van der Waals surface area contributed by atoms with Gasteiger partial charge in [0.25, 0.3) is 11.6 Å². The number of rotatable bonds is 1. The number of hydrogen-bond donors (Lipinski definition) is 1. The third kappa shape index (κ3) is 3.25. The lowest BCUT2D eigenvalue weighted by Crippen LogP contribution is -2.35. The van der Waals surface area contributed by atoms with Gasteiger partial charge in [0.05, 0.1) is 16.6 Å². The molecule has 1 aromatic carbocycles. The average molecular weight is 387 g/mol. The van der Waals surface area contributed by atoms with Crippen molar-refractivity contribution >= 4 is 40.8 Å². The van der Waals surface area contributed by atoms with Crippen LogP contribution in [0.15, 0.2) is 35.0 Å². The van der Waals surface area contributed by atoms with E-state index < -0.39 is 0 Å². The molecule has 2 N–H and O–H groups in total. The van der Waals surface area contributed by atoms with Gasteiger partial charge in [0, 0.05) is 29.5 Å². The summed E-state index contributed by atoms with van der Waals surface area (Å²) in [6.07, 6.45) is 3.34. The van der Waals surface area contributed by atoms with Crippen molar-refractivity contribution in [3.63, 3.8) is 0 Å². The smallest absolute Gasteiger partial charge is 0.259 e. The number of carbonyl (C=O) groups excluding carboxylic acids is 1. The van der Waals surface area contributed by atoms with Crippen molar-refractivity contribution in [2.75, 3.05) is 17.2 Å². The first-order valence-electron chi connectivity index (χ1n) is 8.81. The second kappa shape index (κ2) is 6.85. The maximum atomic E-state index is 13.2. The van der Waals surface area contributed by atoms with Crippen molar-refractivity contribution in [2.45, 2.75) is 39.0 Å². The summed E-state index contributed by atoms with van der Waals surface area (Å²) in [4.78, 5) is 19.3. The number of nitrogens with zero attached hydrogens (tertiary/aromatic N) is 3. The summed E-state index contributed by atoms with van der Waals surface area (Å²) in [7, 11) is 0. The molecule has 0 radical (unpaired) electrons. The molecule has 0 unspecified atom stereocenters. The topological polar surface area (TPSA) is 85.2 Å². The minimum absolute atomic E-state index is 0. The van der Waals surface area contributed by atoms with E-state index in [4.69, 9.17) is 10.3 Å². The maximum Gasteiger partial charge on any atom is 0.259 e. The molecule has 0 aliphatic carbocycles. The number of aromatic nitrogens is 2. The second-order valence-corrected chi connectivity index (χ2v) is 7.76. The van der Waals surface area contributed by atoms with Crippen molar-refractivity contribution in [3.8, 4) is 0 Å². The minimum atomic E-state index is -0.194. The minimum Gasteiger partial charge on any atom is -0.398 e. The Balaban J connectivity index is 0.00000210. The maximum absolute atomic E-state index is 13.2. The Morgan fingerprint density at radius 1 is 1.30 bits per heavy atom. The van der Waals surface area contributed by atoms with Crippen LogP contribution in [0.2, 0.25) is 0 Å². The van der Waals surface area contributed by atoms with Gasteiger partial charge in [-0.3, -0.25) is 4.79 Å². The Kier molecular flexibility index (Phi) is 4.86. The SMILES string of the molecule is CC(C)(C)c1noc2ncc(C(=O)N3CCCc4c(N)cccc43)cc12.Cl. The van der Waals surface area contributed by atoms with E-state index in [0.29, 0.717) is 17.8 Å². The van der Waals surface area contributed by atoms with E-state index >= 15 is 0 Å². The van der Waals surface area contributed by atoms with Gasteiger partial charge in [0.2, 0.25) is 0 Å². The molecule has 0 saturated heterocycles. The number of fused-ring (bicyclic) bond motifs is 2. The van der Waals surface area contributed by atoms with Crippen LogP contribution in [0.25, 0.3) is 11.1 Å². The zero-order valence-electron chi connectivity index (χ0n) is 15.7. The summed E-state index contributed by atoms with van der Waals surface area (Å²) in [5.74, 6) is -0.0768. The van der Waals surface area contributed by atoms with Crippen LogP contribution in [0.3, 0.4) is 0 Å². The predicted octanol–water partition coefficient (Wildman–Crippen LogP) is 4.12. The highest BCUT2D eigenvalue weighted by molar-refractivity contribution is 6.08. The first-order chi connectivity index (χ1) is 12.4. The molecule has 3 aromatic rings. The number of hydrogen-bond acceptors (Lipinski definition) is 5. The van der Waals surface area contributed by atoms with Crippen LogP contribution >= 0.6 is 12.4 Å². The molecule has 4 rings (SSSR count). The number of anilines is 2. The van der Waals surface area contributed by atoms with Gasteiger partial charge in [-0.15, -0.1) is 12.4 Å². The van der Waals surface area contributed by atoms with Crippen LogP contribution in [0.1, 0.15) is 48.8 Å². The molecule has 2 aromatic heterocycles. The van der Waals surface area contributed by atoms with Crippen LogP contribution in [0.5, 0.6) is 0 Å². The van der Waals surface area contributed by atoms with E-state index in [2.05, 4.69) is 30.9 Å². The lowest BCUT2D eigenvalue weighted by Gasteiger charge is -2.30. The molecule has 0 saturated carbocycles. The molecule has 3 heterocycles. The highest BCUT2D eigenvalue weighted by atomic mass is 35.5. The molecule has 1 amide bonds. The number of pyridine rings is 1. The molecule has 142 valence electrons. The zero-order valence-corrected chi connectivity index (χ0v) is 16.5. The Morgan fingerprint density at radius 2 is 2.07 bits per heavy atom. The number of halogens is 1. The fraction of sp³-hybridized carbons (Fsp3) is 0.350. The summed E-state index contributed by atoms with van der Waals surface area (Å²) >= 11 is 0. The first kappa shape index (κ1) is 19.2. The van der Waals surface area contributed by atoms with Crippen molar-refractivity contribution in [3.05, 3.63) is 47.3 Å². The van der Waals surface area contributed by atoms with E-state index in [1.54, 1.807) is 11.1 Å². The molecular formula is C20H23ClN4O2. The van der Waals surface area contributed by atoms with Gasteiger partial charge in [-0.1, -0.05) is 32.0 Å².